The van der Waals surface area contributed by atoms with E-state index in [-0.39, 0.29) is 5.44 Å². The molecular weight excluding hydrogens is 380 g/mol. The van der Waals surface area contributed by atoms with Crippen molar-refractivity contribution in [3.05, 3.63) is 42.5 Å². The number of thiol groups is 1. The maximum atomic E-state index is 5.92. The third-order valence-corrected chi connectivity index (χ3v) is 5.46. The van der Waals surface area contributed by atoms with Gasteiger partial charge in [0.2, 0.25) is 0 Å². The summed E-state index contributed by atoms with van der Waals surface area (Å²) in [6.45, 7) is 2.26. The van der Waals surface area contributed by atoms with E-state index in [1.54, 1.807) is 0 Å². The Kier molecular flexibility index (Phi) is 8.87. The van der Waals surface area contributed by atoms with Gasteiger partial charge in [-0.25, -0.2) is 0 Å². The van der Waals surface area contributed by atoms with Gasteiger partial charge in [0, 0.05) is 0 Å². The molecule has 0 spiro atoms. The standard InChI is InChI=1S/C24H32N2O2S/c1-2-3-4-5-6-7-8-9-10-11-24(29)28-21-15-13-20(14-16-21)27-23-17-12-19-18-22(23)26-25-19/h12-18,24,29H,2-11H2,1H3. The van der Waals surface area contributed by atoms with Crippen LogP contribution < -0.4 is 9.47 Å². The summed E-state index contributed by atoms with van der Waals surface area (Å²) in [4.78, 5) is 0. The van der Waals surface area contributed by atoms with Crippen LogP contribution in [0, 0.1) is 0 Å². The van der Waals surface area contributed by atoms with Crippen LogP contribution in [0.2, 0.25) is 0 Å². The van der Waals surface area contributed by atoms with Crippen LogP contribution >= 0.6 is 12.6 Å². The first-order valence-corrected chi connectivity index (χ1v) is 11.4. The number of benzene rings is 2. The molecule has 1 aliphatic rings. The molecule has 2 aromatic carbocycles. The van der Waals surface area contributed by atoms with E-state index in [1.165, 1.54) is 51.4 Å². The second kappa shape index (κ2) is 11.9. The highest BCUT2D eigenvalue weighted by molar-refractivity contribution is 7.80. The minimum atomic E-state index is -0.0695. The first kappa shape index (κ1) is 21.7. The zero-order valence-electron chi connectivity index (χ0n) is 17.3. The van der Waals surface area contributed by atoms with E-state index < -0.39 is 0 Å². The monoisotopic (exact) mass is 412 g/mol. The lowest BCUT2D eigenvalue weighted by Gasteiger charge is -2.14. The Hall–Kier alpha value is -2.01. The Bertz CT molecular complexity index is 777. The van der Waals surface area contributed by atoms with Gasteiger partial charge in [-0.05, 0) is 55.3 Å². The Labute approximate surface area is 180 Å². The van der Waals surface area contributed by atoms with Crippen molar-refractivity contribution in [1.29, 1.82) is 0 Å². The first-order chi connectivity index (χ1) is 14.2. The molecule has 0 radical (unpaired) electrons. The van der Waals surface area contributed by atoms with Gasteiger partial charge in [0.1, 0.15) is 22.6 Å². The molecule has 2 aromatic rings. The lowest BCUT2D eigenvalue weighted by atomic mass is 10.1. The molecule has 0 N–H and O–H groups in total. The Morgan fingerprint density at radius 3 is 2.17 bits per heavy atom. The molecule has 29 heavy (non-hydrogen) atoms. The van der Waals surface area contributed by atoms with Crippen LogP contribution in [-0.2, 0) is 0 Å². The first-order valence-electron chi connectivity index (χ1n) is 10.9. The summed E-state index contributed by atoms with van der Waals surface area (Å²) < 4.78 is 11.8. The number of azo groups is 1. The van der Waals surface area contributed by atoms with E-state index in [4.69, 9.17) is 9.47 Å². The van der Waals surface area contributed by atoms with E-state index in [0.29, 0.717) is 5.75 Å². The maximum absolute atomic E-state index is 5.92. The normalized spacial score (nSPS) is 12.9. The van der Waals surface area contributed by atoms with Crippen molar-refractivity contribution in [2.45, 2.75) is 76.6 Å². The number of hydrogen-bond acceptors (Lipinski definition) is 5. The zero-order valence-corrected chi connectivity index (χ0v) is 18.2. The Balaban J connectivity index is 1.31. The summed E-state index contributed by atoms with van der Waals surface area (Å²) in [6, 6.07) is 13.3. The summed E-state index contributed by atoms with van der Waals surface area (Å²) in [7, 11) is 0. The number of unbranched alkanes of at least 4 members (excludes halogenated alkanes) is 8. The molecule has 4 nitrogen and oxygen atoms in total. The molecule has 0 amide bonds. The molecule has 1 unspecified atom stereocenters. The lowest BCUT2D eigenvalue weighted by molar-refractivity contribution is 0.273. The molecule has 0 aliphatic carbocycles. The summed E-state index contributed by atoms with van der Waals surface area (Å²) in [6.07, 6.45) is 12.9. The third-order valence-electron chi connectivity index (χ3n) is 5.09. The third kappa shape index (κ3) is 7.39. The van der Waals surface area contributed by atoms with E-state index in [0.717, 1.165) is 35.7 Å². The Morgan fingerprint density at radius 1 is 0.793 bits per heavy atom. The van der Waals surface area contributed by atoms with Gasteiger partial charge in [-0.2, -0.15) is 5.11 Å². The molecule has 0 aromatic heterocycles. The molecule has 1 atom stereocenters. The number of nitrogens with zero attached hydrogens (tertiary/aromatic N) is 2. The van der Waals surface area contributed by atoms with E-state index >= 15 is 0 Å². The topological polar surface area (TPSA) is 43.2 Å². The predicted octanol–water partition coefficient (Wildman–Crippen LogP) is 8.76. The van der Waals surface area contributed by atoms with Gasteiger partial charge >= 0.3 is 0 Å². The number of rotatable bonds is 14. The molecule has 1 aliphatic heterocycles. The van der Waals surface area contributed by atoms with Gasteiger partial charge in [0.15, 0.2) is 5.75 Å². The highest BCUT2D eigenvalue weighted by Crippen LogP contribution is 2.40. The number of fused-ring (bicyclic) bond motifs is 2. The van der Waals surface area contributed by atoms with Gasteiger partial charge in [-0.3, -0.25) is 0 Å². The molecule has 0 saturated heterocycles. The van der Waals surface area contributed by atoms with Crippen LogP contribution in [0.25, 0.3) is 0 Å². The largest absolute Gasteiger partial charge is 0.480 e. The number of hydrogen-bond donors (Lipinski definition) is 1. The summed E-state index contributed by atoms with van der Waals surface area (Å²) in [5.41, 5.74) is 1.56. The van der Waals surface area contributed by atoms with Crippen molar-refractivity contribution in [2.75, 3.05) is 0 Å². The van der Waals surface area contributed by atoms with Crippen LogP contribution in [0.5, 0.6) is 17.2 Å². The van der Waals surface area contributed by atoms with Crippen molar-refractivity contribution < 1.29 is 9.47 Å². The maximum Gasteiger partial charge on any atom is 0.155 e. The van der Waals surface area contributed by atoms with E-state index in [1.807, 2.05) is 42.5 Å². The SMILES string of the molecule is CCCCCCCCCCCC(S)Oc1ccc(Oc2ccc3cc2N=N3)cc1. The molecule has 0 fully saturated rings. The Morgan fingerprint density at radius 2 is 1.45 bits per heavy atom. The van der Waals surface area contributed by atoms with Gasteiger partial charge < -0.3 is 9.47 Å². The van der Waals surface area contributed by atoms with Crippen LogP contribution in [0.1, 0.15) is 71.1 Å². The average Bonchev–Trinajstić information content (AvgIpc) is 3.12. The van der Waals surface area contributed by atoms with E-state index in [9.17, 15) is 0 Å². The van der Waals surface area contributed by atoms with Crippen molar-refractivity contribution in [1.82, 2.24) is 0 Å². The van der Waals surface area contributed by atoms with Gasteiger partial charge in [-0.1, -0.05) is 58.3 Å². The summed E-state index contributed by atoms with van der Waals surface area (Å²) in [5.74, 6) is 2.27. The quantitative estimate of drug-likeness (QED) is 0.163. The van der Waals surface area contributed by atoms with Crippen molar-refractivity contribution in [3.63, 3.8) is 0 Å². The zero-order chi connectivity index (χ0) is 20.3. The van der Waals surface area contributed by atoms with Gasteiger partial charge in [-0.15, -0.1) is 17.7 Å². The van der Waals surface area contributed by atoms with Crippen LogP contribution in [0.15, 0.2) is 52.7 Å². The minimum absolute atomic E-state index is 0.0695. The van der Waals surface area contributed by atoms with Crippen molar-refractivity contribution in [3.8, 4) is 17.2 Å². The van der Waals surface area contributed by atoms with Crippen LogP contribution in [0.3, 0.4) is 0 Å². The molecule has 2 bridgehead atoms. The average molecular weight is 413 g/mol. The molecule has 3 rings (SSSR count). The fourth-order valence-corrected chi connectivity index (χ4v) is 3.71. The number of ether oxygens (including phenoxy) is 2. The second-order valence-electron chi connectivity index (χ2n) is 7.62. The summed E-state index contributed by atoms with van der Waals surface area (Å²) >= 11 is 4.58. The second-order valence-corrected chi connectivity index (χ2v) is 8.19. The molecule has 1 heterocycles. The van der Waals surface area contributed by atoms with Crippen LogP contribution in [-0.4, -0.2) is 5.44 Å². The van der Waals surface area contributed by atoms with E-state index in [2.05, 4.69) is 29.8 Å². The van der Waals surface area contributed by atoms with Crippen molar-refractivity contribution in [2.24, 2.45) is 10.2 Å². The van der Waals surface area contributed by atoms with Gasteiger partial charge in [0.25, 0.3) is 0 Å². The highest BCUT2D eigenvalue weighted by atomic mass is 32.1. The lowest BCUT2D eigenvalue weighted by Crippen LogP contribution is -2.08. The minimum Gasteiger partial charge on any atom is -0.480 e. The van der Waals surface area contributed by atoms with Gasteiger partial charge in [0.05, 0.1) is 5.69 Å². The molecular formula is C24H32N2O2S. The van der Waals surface area contributed by atoms with Crippen molar-refractivity contribution >= 4 is 24.0 Å². The summed E-state index contributed by atoms with van der Waals surface area (Å²) in [5, 5.41) is 8.11. The molecule has 0 saturated carbocycles. The fourth-order valence-electron chi connectivity index (χ4n) is 3.40. The molecule has 5 heteroatoms. The predicted molar refractivity (Wildman–Crippen MR) is 122 cm³/mol. The fraction of sp³-hybridized carbons (Fsp3) is 0.500. The highest BCUT2D eigenvalue weighted by Gasteiger charge is 2.11. The molecule has 156 valence electrons. The smallest absolute Gasteiger partial charge is 0.155 e. The van der Waals surface area contributed by atoms with Crippen LogP contribution in [0.4, 0.5) is 11.4 Å².